The van der Waals surface area contributed by atoms with Gasteiger partial charge in [-0.15, -0.1) is 0 Å². The molecule has 0 aliphatic heterocycles. The molecule has 4 N–H and O–H groups in total. The fourth-order valence-electron chi connectivity index (χ4n) is 1.98. The van der Waals surface area contributed by atoms with E-state index >= 15 is 0 Å². The van der Waals surface area contributed by atoms with E-state index in [-0.39, 0.29) is 5.41 Å². The van der Waals surface area contributed by atoms with E-state index in [9.17, 15) is 0 Å². The summed E-state index contributed by atoms with van der Waals surface area (Å²) in [5.41, 5.74) is 3.67. The Labute approximate surface area is 115 Å². The van der Waals surface area contributed by atoms with Crippen LogP contribution in [0.25, 0.3) is 0 Å². The minimum Gasteiger partial charge on any atom is -0.325 e. The van der Waals surface area contributed by atoms with Crippen LogP contribution in [0.5, 0.6) is 0 Å². The fourth-order valence-corrected chi connectivity index (χ4v) is 1.98. The molecular formula is C14H25N5. The number of nitrogens with two attached hydrogens (primary N) is 1. The number of para-hydroxylation sites is 1. The van der Waals surface area contributed by atoms with Gasteiger partial charge >= 0.3 is 0 Å². The maximum Gasteiger partial charge on any atom is 0.210 e. The van der Waals surface area contributed by atoms with Crippen molar-refractivity contribution in [2.45, 2.75) is 13.8 Å². The molecule has 0 aliphatic rings. The van der Waals surface area contributed by atoms with Crippen LogP contribution < -0.4 is 16.6 Å². The van der Waals surface area contributed by atoms with Crippen molar-refractivity contribution in [1.82, 2.24) is 10.3 Å². The number of hydrazine groups is 1. The molecule has 0 atom stereocenters. The van der Waals surface area contributed by atoms with Crippen molar-refractivity contribution in [3.05, 3.63) is 30.3 Å². The van der Waals surface area contributed by atoms with Crippen LogP contribution in [0.3, 0.4) is 0 Å². The zero-order valence-electron chi connectivity index (χ0n) is 12.3. The molecule has 1 aromatic carbocycles. The number of anilines is 1. The molecule has 0 radical (unpaired) electrons. The summed E-state index contributed by atoms with van der Waals surface area (Å²) in [5.74, 6) is 6.08. The Morgan fingerprint density at radius 3 is 2.42 bits per heavy atom. The quantitative estimate of drug-likeness (QED) is 0.326. The first-order chi connectivity index (χ1) is 8.93. The Balaban J connectivity index is 2.62. The highest BCUT2D eigenvalue weighted by atomic mass is 15.3. The number of aliphatic imine (C=N–C) groups is 1. The van der Waals surface area contributed by atoms with Crippen LogP contribution in [0, 0.1) is 5.41 Å². The third-order valence-corrected chi connectivity index (χ3v) is 2.58. The molecule has 0 unspecified atom stereocenters. The standard InChI is InChI=1S/C14H25N5/c1-14(2,11-19(3)4)10-16-13(18-15)17-12-8-6-5-7-9-12/h5-9H,10-11,15H2,1-4H3,(H2,16,17,18). The lowest BCUT2D eigenvalue weighted by molar-refractivity contribution is 0.249. The fraction of sp³-hybridized carbons (Fsp3) is 0.500. The monoisotopic (exact) mass is 263 g/mol. The van der Waals surface area contributed by atoms with Crippen LogP contribution in [-0.4, -0.2) is 38.0 Å². The first-order valence-corrected chi connectivity index (χ1v) is 6.41. The Morgan fingerprint density at radius 1 is 1.26 bits per heavy atom. The lowest BCUT2D eigenvalue weighted by Crippen LogP contribution is -2.38. The number of rotatable bonds is 5. The Hall–Kier alpha value is -1.59. The normalized spacial score (nSPS) is 12.6. The topological polar surface area (TPSA) is 65.7 Å². The van der Waals surface area contributed by atoms with E-state index in [1.165, 1.54) is 0 Å². The predicted octanol–water partition coefficient (Wildman–Crippen LogP) is 1.51. The van der Waals surface area contributed by atoms with Crippen LogP contribution in [0.1, 0.15) is 13.8 Å². The molecule has 106 valence electrons. The lowest BCUT2D eigenvalue weighted by Gasteiger charge is -2.26. The number of nitrogens with one attached hydrogen (secondary N) is 2. The molecule has 19 heavy (non-hydrogen) atoms. The van der Waals surface area contributed by atoms with Gasteiger partial charge in [0.25, 0.3) is 0 Å². The van der Waals surface area contributed by atoms with Gasteiger partial charge in [0.1, 0.15) is 0 Å². The highest BCUT2D eigenvalue weighted by Crippen LogP contribution is 2.16. The van der Waals surface area contributed by atoms with Gasteiger partial charge in [0.05, 0.1) is 0 Å². The summed E-state index contributed by atoms with van der Waals surface area (Å²) in [4.78, 5) is 6.67. The maximum atomic E-state index is 5.50. The first-order valence-electron chi connectivity index (χ1n) is 6.41. The van der Waals surface area contributed by atoms with E-state index in [1.807, 2.05) is 30.3 Å². The van der Waals surface area contributed by atoms with Gasteiger partial charge in [-0.25, -0.2) is 5.84 Å². The van der Waals surface area contributed by atoms with E-state index in [1.54, 1.807) is 0 Å². The molecule has 1 aromatic rings. The zero-order chi connectivity index (χ0) is 14.3. The molecule has 0 heterocycles. The molecule has 0 fully saturated rings. The second-order valence-corrected chi connectivity index (χ2v) is 5.70. The second-order valence-electron chi connectivity index (χ2n) is 5.70. The van der Waals surface area contributed by atoms with Gasteiger partial charge in [-0.05, 0) is 31.6 Å². The third kappa shape index (κ3) is 6.22. The molecule has 5 nitrogen and oxygen atoms in total. The van der Waals surface area contributed by atoms with E-state index in [0.29, 0.717) is 12.5 Å². The van der Waals surface area contributed by atoms with Crippen molar-refractivity contribution >= 4 is 11.6 Å². The SMILES string of the molecule is CN(C)CC(C)(C)CN=C(NN)Nc1ccccc1. The van der Waals surface area contributed by atoms with Crippen molar-refractivity contribution in [2.75, 3.05) is 32.5 Å². The molecule has 0 bridgehead atoms. The highest BCUT2D eigenvalue weighted by Gasteiger charge is 2.18. The van der Waals surface area contributed by atoms with Gasteiger partial charge in [0.2, 0.25) is 5.96 Å². The summed E-state index contributed by atoms with van der Waals surface area (Å²) in [6.45, 7) is 6.05. The van der Waals surface area contributed by atoms with E-state index in [4.69, 9.17) is 5.84 Å². The van der Waals surface area contributed by atoms with Gasteiger partial charge in [-0.1, -0.05) is 32.0 Å². The van der Waals surface area contributed by atoms with Crippen LogP contribution in [0.15, 0.2) is 35.3 Å². The largest absolute Gasteiger partial charge is 0.325 e. The minimum absolute atomic E-state index is 0.101. The van der Waals surface area contributed by atoms with Crippen LogP contribution in [-0.2, 0) is 0 Å². The minimum atomic E-state index is 0.101. The molecule has 5 heteroatoms. The summed E-state index contributed by atoms with van der Waals surface area (Å²) >= 11 is 0. The molecule has 0 spiro atoms. The summed E-state index contributed by atoms with van der Waals surface area (Å²) < 4.78 is 0. The smallest absolute Gasteiger partial charge is 0.210 e. The molecule has 0 amide bonds. The Morgan fingerprint density at radius 2 is 1.89 bits per heavy atom. The summed E-state index contributed by atoms with van der Waals surface area (Å²) in [7, 11) is 4.13. The van der Waals surface area contributed by atoms with Crippen LogP contribution in [0.2, 0.25) is 0 Å². The van der Waals surface area contributed by atoms with Crippen LogP contribution in [0.4, 0.5) is 5.69 Å². The number of guanidine groups is 1. The van der Waals surface area contributed by atoms with E-state index in [2.05, 4.69) is 48.6 Å². The predicted molar refractivity (Wildman–Crippen MR) is 82.0 cm³/mol. The van der Waals surface area contributed by atoms with Gasteiger partial charge < -0.3 is 10.2 Å². The number of nitrogens with zero attached hydrogens (tertiary/aromatic N) is 2. The molecule has 1 rings (SSSR count). The van der Waals surface area contributed by atoms with Gasteiger partial charge in [0.15, 0.2) is 0 Å². The number of hydrogen-bond acceptors (Lipinski definition) is 3. The number of hydrogen-bond donors (Lipinski definition) is 3. The summed E-state index contributed by atoms with van der Waals surface area (Å²) in [6, 6.07) is 9.84. The number of benzene rings is 1. The van der Waals surface area contributed by atoms with Crippen molar-refractivity contribution in [3.63, 3.8) is 0 Å². The van der Waals surface area contributed by atoms with Crippen molar-refractivity contribution in [1.29, 1.82) is 0 Å². The van der Waals surface area contributed by atoms with E-state index in [0.717, 1.165) is 12.2 Å². The molecular weight excluding hydrogens is 238 g/mol. The molecule has 0 aromatic heterocycles. The molecule has 0 saturated carbocycles. The van der Waals surface area contributed by atoms with Crippen molar-refractivity contribution < 1.29 is 0 Å². The average Bonchev–Trinajstić information content (AvgIpc) is 2.34. The second kappa shape index (κ2) is 7.11. The maximum absolute atomic E-state index is 5.50. The van der Waals surface area contributed by atoms with E-state index < -0.39 is 0 Å². The Bertz CT molecular complexity index is 398. The van der Waals surface area contributed by atoms with Crippen LogP contribution >= 0.6 is 0 Å². The van der Waals surface area contributed by atoms with Gasteiger partial charge in [-0.3, -0.25) is 10.4 Å². The zero-order valence-corrected chi connectivity index (χ0v) is 12.3. The average molecular weight is 263 g/mol. The Kier molecular flexibility index (Phi) is 5.79. The highest BCUT2D eigenvalue weighted by molar-refractivity contribution is 5.93. The van der Waals surface area contributed by atoms with Crippen molar-refractivity contribution in [2.24, 2.45) is 16.3 Å². The summed E-state index contributed by atoms with van der Waals surface area (Å²) in [6.07, 6.45) is 0. The third-order valence-electron chi connectivity index (χ3n) is 2.58. The summed E-state index contributed by atoms with van der Waals surface area (Å²) in [5, 5.41) is 3.15. The van der Waals surface area contributed by atoms with Gasteiger partial charge in [0, 0.05) is 18.8 Å². The molecule has 0 saturated heterocycles. The molecule has 0 aliphatic carbocycles. The lowest BCUT2D eigenvalue weighted by atomic mass is 9.93. The van der Waals surface area contributed by atoms with Gasteiger partial charge in [-0.2, -0.15) is 0 Å². The van der Waals surface area contributed by atoms with Crippen molar-refractivity contribution in [3.8, 4) is 0 Å². The first kappa shape index (κ1) is 15.5.